The van der Waals surface area contributed by atoms with Gasteiger partial charge >= 0.3 is 0 Å². The number of hydrogen-bond donors (Lipinski definition) is 1. The van der Waals surface area contributed by atoms with Crippen LogP contribution in [0.1, 0.15) is 6.92 Å². The highest BCUT2D eigenvalue weighted by Crippen LogP contribution is 2.18. The third-order valence-electron chi connectivity index (χ3n) is 1.97. The van der Waals surface area contributed by atoms with Crippen LogP contribution < -0.4 is 5.32 Å². The summed E-state index contributed by atoms with van der Waals surface area (Å²) in [5.41, 5.74) is 2.68. The lowest BCUT2D eigenvalue weighted by atomic mass is 9.96. The van der Waals surface area contributed by atoms with Gasteiger partial charge in [0.05, 0.1) is 6.04 Å². The van der Waals surface area contributed by atoms with E-state index in [9.17, 15) is 0 Å². The van der Waals surface area contributed by atoms with Crippen LogP contribution in [0.3, 0.4) is 0 Å². The fraction of sp³-hybridized carbons (Fsp3) is 0.200. The molecule has 0 bridgehead atoms. The molecule has 0 saturated heterocycles. The summed E-state index contributed by atoms with van der Waals surface area (Å²) in [6, 6.07) is 0.406. The Hall–Kier alpha value is -1.24. The monoisotopic (exact) mass is 145 g/mol. The molecule has 0 saturated carbocycles. The van der Waals surface area contributed by atoms with Gasteiger partial charge in [-0.05, 0) is 24.8 Å². The number of hydrogen-bond acceptors (Lipinski definition) is 1. The van der Waals surface area contributed by atoms with Crippen molar-refractivity contribution in [2.45, 2.75) is 13.0 Å². The second kappa shape index (κ2) is 2.42. The molecule has 1 heteroatoms. The lowest BCUT2D eigenvalue weighted by Crippen LogP contribution is -2.26. The molecule has 1 atom stereocenters. The number of rotatable bonds is 0. The molecule has 2 rings (SSSR count). The molecule has 1 unspecified atom stereocenters. The van der Waals surface area contributed by atoms with Gasteiger partial charge in [-0.1, -0.05) is 29.9 Å². The van der Waals surface area contributed by atoms with E-state index in [1.54, 1.807) is 0 Å². The van der Waals surface area contributed by atoms with Gasteiger partial charge in [0.25, 0.3) is 0 Å². The standard InChI is InChI=1S/C10H11N/c1-8-4-5-10-9(7-8)3-2-6-11-10/h2-7,10-11H,1H3. The van der Waals surface area contributed by atoms with Gasteiger partial charge in [0.1, 0.15) is 0 Å². The summed E-state index contributed by atoms with van der Waals surface area (Å²) in [6.07, 6.45) is 12.7. The minimum atomic E-state index is 0.406. The molecule has 1 nitrogen and oxygen atoms in total. The van der Waals surface area contributed by atoms with Crippen LogP contribution in [0.2, 0.25) is 0 Å². The summed E-state index contributed by atoms with van der Waals surface area (Å²) in [7, 11) is 0. The predicted molar refractivity (Wildman–Crippen MR) is 47.0 cm³/mol. The minimum absolute atomic E-state index is 0.406. The van der Waals surface area contributed by atoms with E-state index in [1.807, 2.05) is 12.3 Å². The van der Waals surface area contributed by atoms with Gasteiger partial charge in [0, 0.05) is 0 Å². The van der Waals surface area contributed by atoms with Crippen molar-refractivity contribution < 1.29 is 0 Å². The highest BCUT2D eigenvalue weighted by molar-refractivity contribution is 5.44. The fourth-order valence-corrected chi connectivity index (χ4v) is 1.38. The Morgan fingerprint density at radius 3 is 3.27 bits per heavy atom. The Bertz CT molecular complexity index is 279. The van der Waals surface area contributed by atoms with Gasteiger partial charge in [0.15, 0.2) is 0 Å². The van der Waals surface area contributed by atoms with Crippen LogP contribution >= 0.6 is 0 Å². The maximum absolute atomic E-state index is 3.26. The van der Waals surface area contributed by atoms with Crippen molar-refractivity contribution in [1.82, 2.24) is 5.32 Å². The van der Waals surface area contributed by atoms with Crippen molar-refractivity contribution in [2.24, 2.45) is 0 Å². The zero-order valence-electron chi connectivity index (χ0n) is 6.54. The fourth-order valence-electron chi connectivity index (χ4n) is 1.38. The summed E-state index contributed by atoms with van der Waals surface area (Å²) in [5, 5.41) is 3.26. The molecule has 1 aliphatic heterocycles. The van der Waals surface area contributed by atoms with Crippen molar-refractivity contribution >= 4 is 0 Å². The van der Waals surface area contributed by atoms with Crippen LogP contribution in [-0.2, 0) is 0 Å². The molecule has 11 heavy (non-hydrogen) atoms. The Kier molecular flexibility index (Phi) is 1.42. The van der Waals surface area contributed by atoms with Gasteiger partial charge in [-0.25, -0.2) is 0 Å². The van der Waals surface area contributed by atoms with Gasteiger partial charge < -0.3 is 5.32 Å². The van der Waals surface area contributed by atoms with E-state index in [1.165, 1.54) is 11.1 Å². The summed E-state index contributed by atoms with van der Waals surface area (Å²) in [6.45, 7) is 2.12. The first kappa shape index (κ1) is 6.47. The first-order valence-electron chi connectivity index (χ1n) is 3.85. The van der Waals surface area contributed by atoms with E-state index in [4.69, 9.17) is 0 Å². The van der Waals surface area contributed by atoms with Crippen LogP contribution in [0.15, 0.2) is 47.7 Å². The summed E-state index contributed by atoms with van der Waals surface area (Å²) < 4.78 is 0. The number of allylic oxidation sites excluding steroid dienone is 4. The van der Waals surface area contributed by atoms with E-state index < -0.39 is 0 Å². The van der Waals surface area contributed by atoms with E-state index in [2.05, 4.69) is 36.5 Å². The molecular formula is C10H11N. The number of dihydropyridines is 1. The molecule has 0 fully saturated rings. The van der Waals surface area contributed by atoms with Crippen LogP contribution in [0.4, 0.5) is 0 Å². The largest absolute Gasteiger partial charge is 0.381 e. The van der Waals surface area contributed by atoms with Crippen molar-refractivity contribution in [3.8, 4) is 0 Å². The number of fused-ring (bicyclic) bond motifs is 1. The maximum atomic E-state index is 3.26. The second-order valence-electron chi connectivity index (χ2n) is 2.92. The smallest absolute Gasteiger partial charge is 0.0695 e. The van der Waals surface area contributed by atoms with Crippen LogP contribution in [0.5, 0.6) is 0 Å². The van der Waals surface area contributed by atoms with E-state index in [0.29, 0.717) is 6.04 Å². The van der Waals surface area contributed by atoms with Crippen molar-refractivity contribution in [3.05, 3.63) is 47.7 Å². The molecule has 0 spiro atoms. The third-order valence-corrected chi connectivity index (χ3v) is 1.97. The molecule has 0 aromatic rings. The average Bonchev–Trinajstić information content (AvgIpc) is 2.04. The first-order valence-corrected chi connectivity index (χ1v) is 3.85. The zero-order chi connectivity index (χ0) is 7.68. The molecule has 56 valence electrons. The minimum Gasteiger partial charge on any atom is -0.381 e. The van der Waals surface area contributed by atoms with Gasteiger partial charge in [0.2, 0.25) is 0 Å². The first-order chi connectivity index (χ1) is 5.36. The second-order valence-corrected chi connectivity index (χ2v) is 2.92. The van der Waals surface area contributed by atoms with Crippen molar-refractivity contribution in [1.29, 1.82) is 0 Å². The highest BCUT2D eigenvalue weighted by atomic mass is 14.9. The lowest BCUT2D eigenvalue weighted by Gasteiger charge is -2.21. The normalized spacial score (nSPS) is 26.8. The topological polar surface area (TPSA) is 12.0 Å². The SMILES string of the molecule is CC1=CC2=CC=CNC2C=C1. The molecule has 1 heterocycles. The molecule has 0 radical (unpaired) electrons. The van der Waals surface area contributed by atoms with Crippen LogP contribution in [0, 0.1) is 0 Å². The molecule has 2 aliphatic rings. The van der Waals surface area contributed by atoms with Crippen LogP contribution in [0.25, 0.3) is 0 Å². The van der Waals surface area contributed by atoms with Gasteiger partial charge in [-0.2, -0.15) is 0 Å². The molecule has 1 N–H and O–H groups in total. The Morgan fingerprint density at radius 2 is 2.36 bits per heavy atom. The van der Waals surface area contributed by atoms with E-state index >= 15 is 0 Å². The number of nitrogens with one attached hydrogen (secondary N) is 1. The highest BCUT2D eigenvalue weighted by Gasteiger charge is 2.11. The predicted octanol–water partition coefficient (Wildman–Crippen LogP) is 1.91. The van der Waals surface area contributed by atoms with Gasteiger partial charge in [-0.15, -0.1) is 0 Å². The molecule has 0 amide bonds. The third kappa shape index (κ3) is 1.14. The van der Waals surface area contributed by atoms with E-state index in [0.717, 1.165) is 0 Å². The Labute approximate surface area is 66.8 Å². The summed E-state index contributed by atoms with van der Waals surface area (Å²) in [4.78, 5) is 0. The maximum Gasteiger partial charge on any atom is 0.0695 e. The molecule has 0 aromatic carbocycles. The van der Waals surface area contributed by atoms with Crippen molar-refractivity contribution in [2.75, 3.05) is 0 Å². The van der Waals surface area contributed by atoms with Gasteiger partial charge in [-0.3, -0.25) is 0 Å². The zero-order valence-corrected chi connectivity index (χ0v) is 6.54. The Morgan fingerprint density at radius 1 is 1.45 bits per heavy atom. The summed E-state index contributed by atoms with van der Waals surface area (Å²) >= 11 is 0. The molecular weight excluding hydrogens is 134 g/mol. The van der Waals surface area contributed by atoms with E-state index in [-0.39, 0.29) is 0 Å². The quantitative estimate of drug-likeness (QED) is 0.549. The lowest BCUT2D eigenvalue weighted by molar-refractivity contribution is 0.791. The van der Waals surface area contributed by atoms with Crippen molar-refractivity contribution in [3.63, 3.8) is 0 Å². The summed E-state index contributed by atoms with van der Waals surface area (Å²) in [5.74, 6) is 0. The molecule has 0 aromatic heterocycles. The van der Waals surface area contributed by atoms with Crippen LogP contribution in [-0.4, -0.2) is 6.04 Å². The molecule has 1 aliphatic carbocycles. The Balaban J connectivity index is 2.35. The average molecular weight is 145 g/mol.